The molecule has 10 aromatic rings. The highest BCUT2D eigenvalue weighted by molar-refractivity contribution is 6.14. The Hall–Kier alpha value is -7.17. The summed E-state index contributed by atoms with van der Waals surface area (Å²) in [5.74, 6) is 1.92. The number of hydrogen-bond donors (Lipinski definition) is 0. The van der Waals surface area contributed by atoms with Crippen molar-refractivity contribution < 1.29 is 0 Å². The minimum atomic E-state index is 0.633. The monoisotopic (exact) mass is 702 g/mol. The Morgan fingerprint density at radius 1 is 0.400 bits per heavy atom. The largest absolute Gasteiger partial charge is 0.309 e. The van der Waals surface area contributed by atoms with Crippen LogP contribution in [0.3, 0.4) is 0 Å². The molecule has 4 nitrogen and oxygen atoms in total. The molecule has 0 N–H and O–H groups in total. The SMILES string of the molecule is C1=Cc2cc3c(cc2CC1)c1cc2ccccc2cc1n3-c1cccc(-c2nc(-c3ccc(-c4ccccc4)cc3)nc(-c3ccc4ccccc4c3)n2)c1. The molecule has 1 aliphatic rings. The third-order valence-corrected chi connectivity index (χ3v) is 11.0. The van der Waals surface area contributed by atoms with Crippen molar-refractivity contribution in [3.8, 4) is 51.0 Å². The van der Waals surface area contributed by atoms with E-state index < -0.39 is 0 Å². The summed E-state index contributed by atoms with van der Waals surface area (Å²) in [6, 6.07) is 60.6. The predicted octanol–water partition coefficient (Wildman–Crippen LogP) is 12.9. The van der Waals surface area contributed by atoms with Crippen molar-refractivity contribution in [3.63, 3.8) is 0 Å². The first-order valence-electron chi connectivity index (χ1n) is 18.9. The van der Waals surface area contributed by atoms with Gasteiger partial charge < -0.3 is 4.57 Å². The fraction of sp³-hybridized carbons (Fsp3) is 0.0392. The second kappa shape index (κ2) is 12.8. The van der Waals surface area contributed by atoms with Gasteiger partial charge in [-0.1, -0.05) is 140 Å². The lowest BCUT2D eigenvalue weighted by atomic mass is 9.95. The molecule has 4 heteroatoms. The maximum Gasteiger partial charge on any atom is 0.164 e. The van der Waals surface area contributed by atoms with E-state index in [1.165, 1.54) is 54.7 Å². The first kappa shape index (κ1) is 31.4. The van der Waals surface area contributed by atoms with Gasteiger partial charge in [0.15, 0.2) is 17.5 Å². The first-order valence-corrected chi connectivity index (χ1v) is 18.9. The fourth-order valence-corrected chi connectivity index (χ4v) is 8.23. The summed E-state index contributed by atoms with van der Waals surface area (Å²) in [6.07, 6.45) is 6.71. The molecule has 8 aromatic carbocycles. The van der Waals surface area contributed by atoms with Crippen molar-refractivity contribution in [2.45, 2.75) is 12.8 Å². The molecule has 0 aliphatic heterocycles. The summed E-state index contributed by atoms with van der Waals surface area (Å²) in [4.78, 5) is 15.4. The van der Waals surface area contributed by atoms with Gasteiger partial charge in [0.2, 0.25) is 0 Å². The van der Waals surface area contributed by atoms with Gasteiger partial charge >= 0.3 is 0 Å². The van der Waals surface area contributed by atoms with Crippen LogP contribution in [0.25, 0.3) is 100 Å². The maximum absolute atomic E-state index is 5.18. The van der Waals surface area contributed by atoms with Gasteiger partial charge in [0, 0.05) is 33.2 Å². The van der Waals surface area contributed by atoms with E-state index in [-0.39, 0.29) is 0 Å². The van der Waals surface area contributed by atoms with Gasteiger partial charge in [0.25, 0.3) is 0 Å². The number of aryl methyl sites for hydroxylation is 1. The second-order valence-electron chi connectivity index (χ2n) is 14.4. The minimum Gasteiger partial charge on any atom is -0.309 e. The van der Waals surface area contributed by atoms with Crippen LogP contribution in [0.2, 0.25) is 0 Å². The molecule has 0 bridgehead atoms. The quantitative estimate of drug-likeness (QED) is 0.179. The zero-order valence-corrected chi connectivity index (χ0v) is 30.0. The van der Waals surface area contributed by atoms with E-state index in [0.717, 1.165) is 46.2 Å². The van der Waals surface area contributed by atoms with Gasteiger partial charge in [-0.3, -0.25) is 0 Å². The van der Waals surface area contributed by atoms with E-state index in [4.69, 9.17) is 15.0 Å². The molecule has 0 saturated carbocycles. The molecule has 0 amide bonds. The van der Waals surface area contributed by atoms with E-state index >= 15 is 0 Å². The van der Waals surface area contributed by atoms with Crippen LogP contribution in [0.5, 0.6) is 0 Å². The molecule has 2 aromatic heterocycles. The van der Waals surface area contributed by atoms with Crippen molar-refractivity contribution in [2.24, 2.45) is 0 Å². The minimum absolute atomic E-state index is 0.633. The Labute approximate surface area is 318 Å². The van der Waals surface area contributed by atoms with Crippen LogP contribution in [0, 0.1) is 0 Å². The number of benzene rings is 8. The average Bonchev–Trinajstić information content (AvgIpc) is 3.56. The number of rotatable bonds is 5. The molecule has 0 atom stereocenters. The number of fused-ring (bicyclic) bond motifs is 6. The van der Waals surface area contributed by atoms with Crippen LogP contribution in [-0.2, 0) is 6.42 Å². The van der Waals surface area contributed by atoms with Gasteiger partial charge in [-0.15, -0.1) is 0 Å². The number of nitrogens with zero attached hydrogens (tertiary/aromatic N) is 4. The van der Waals surface area contributed by atoms with E-state index in [1.807, 2.05) is 6.07 Å². The number of hydrogen-bond acceptors (Lipinski definition) is 3. The lowest BCUT2D eigenvalue weighted by Crippen LogP contribution is -2.01. The Morgan fingerprint density at radius 2 is 0.964 bits per heavy atom. The zero-order chi connectivity index (χ0) is 36.3. The van der Waals surface area contributed by atoms with Gasteiger partial charge in [-0.25, -0.2) is 15.0 Å². The zero-order valence-electron chi connectivity index (χ0n) is 30.0. The molecule has 0 fully saturated rings. The fourth-order valence-electron chi connectivity index (χ4n) is 8.23. The second-order valence-corrected chi connectivity index (χ2v) is 14.4. The van der Waals surface area contributed by atoms with E-state index in [2.05, 4.69) is 181 Å². The van der Waals surface area contributed by atoms with Crippen molar-refractivity contribution >= 4 is 49.4 Å². The van der Waals surface area contributed by atoms with Crippen LogP contribution in [0.1, 0.15) is 17.5 Å². The molecule has 0 saturated heterocycles. The van der Waals surface area contributed by atoms with Crippen molar-refractivity contribution in [3.05, 3.63) is 187 Å². The molecule has 2 heterocycles. The number of aromatic nitrogens is 4. The lowest BCUT2D eigenvalue weighted by molar-refractivity contribution is 0.988. The van der Waals surface area contributed by atoms with E-state index in [0.29, 0.717) is 17.5 Å². The molecule has 258 valence electrons. The molecular weight excluding hydrogens is 669 g/mol. The average molecular weight is 703 g/mol. The van der Waals surface area contributed by atoms with Gasteiger partial charge in [-0.2, -0.15) is 0 Å². The standard InChI is InChI=1S/C51H34N4/c1-2-11-33(12-3-1)35-21-24-36(25-22-35)49-52-50(54-51(53-49)43-26-23-34-13-4-5-14-37(34)27-43)42-19-10-20-44(28-42)55-47-31-40-17-8-6-15-38(40)29-45(47)46-30-39-16-7-9-18-41(39)32-48(46)55/h1-6,8-15,17-32H,7,16H2. The highest BCUT2D eigenvalue weighted by Crippen LogP contribution is 2.38. The third-order valence-electron chi connectivity index (χ3n) is 11.0. The summed E-state index contributed by atoms with van der Waals surface area (Å²) >= 11 is 0. The third kappa shape index (κ3) is 5.50. The molecule has 55 heavy (non-hydrogen) atoms. The van der Waals surface area contributed by atoms with Crippen molar-refractivity contribution in [2.75, 3.05) is 0 Å². The van der Waals surface area contributed by atoms with Crippen LogP contribution in [-0.4, -0.2) is 19.5 Å². The van der Waals surface area contributed by atoms with E-state index in [9.17, 15) is 0 Å². The van der Waals surface area contributed by atoms with Crippen LogP contribution >= 0.6 is 0 Å². The maximum atomic E-state index is 5.18. The Morgan fingerprint density at radius 3 is 1.75 bits per heavy atom. The highest BCUT2D eigenvalue weighted by atomic mass is 15.0. The topological polar surface area (TPSA) is 43.6 Å². The smallest absolute Gasteiger partial charge is 0.164 e. The number of allylic oxidation sites excluding steroid dienone is 1. The molecule has 0 spiro atoms. The Kier molecular flexibility index (Phi) is 7.27. The van der Waals surface area contributed by atoms with Crippen molar-refractivity contribution in [1.82, 2.24) is 19.5 Å². The summed E-state index contributed by atoms with van der Waals surface area (Å²) in [6.45, 7) is 0. The van der Waals surface area contributed by atoms with Gasteiger partial charge in [0.05, 0.1) is 11.0 Å². The van der Waals surface area contributed by atoms with Crippen LogP contribution in [0.4, 0.5) is 0 Å². The summed E-state index contributed by atoms with van der Waals surface area (Å²) in [7, 11) is 0. The molecule has 11 rings (SSSR count). The molecule has 0 unspecified atom stereocenters. The van der Waals surface area contributed by atoms with Crippen LogP contribution in [0.15, 0.2) is 176 Å². The normalized spacial score (nSPS) is 12.5. The van der Waals surface area contributed by atoms with Gasteiger partial charge in [0.1, 0.15) is 0 Å². The summed E-state index contributed by atoms with van der Waals surface area (Å²) < 4.78 is 2.41. The van der Waals surface area contributed by atoms with Crippen molar-refractivity contribution in [1.29, 1.82) is 0 Å². The Balaban J connectivity index is 1.10. The molecular formula is C51H34N4. The Bertz CT molecular complexity index is 3140. The highest BCUT2D eigenvalue weighted by Gasteiger charge is 2.19. The summed E-state index contributed by atoms with van der Waals surface area (Å²) in [5, 5.41) is 7.34. The van der Waals surface area contributed by atoms with Gasteiger partial charge in [-0.05, 0) is 99.1 Å². The van der Waals surface area contributed by atoms with Crippen LogP contribution < -0.4 is 0 Å². The molecule has 1 aliphatic carbocycles. The first-order chi connectivity index (χ1) is 27.2. The van der Waals surface area contributed by atoms with E-state index in [1.54, 1.807) is 0 Å². The lowest BCUT2D eigenvalue weighted by Gasteiger charge is -2.14. The predicted molar refractivity (Wildman–Crippen MR) is 228 cm³/mol. The molecule has 0 radical (unpaired) electrons. The summed E-state index contributed by atoms with van der Waals surface area (Å²) in [5.41, 5.74) is 11.3.